The Bertz CT molecular complexity index is 1050. The minimum atomic E-state index is -0.521. The molecule has 0 unspecified atom stereocenters. The summed E-state index contributed by atoms with van der Waals surface area (Å²) in [6.45, 7) is 0. The van der Waals surface area contributed by atoms with Crippen molar-refractivity contribution in [3.63, 3.8) is 0 Å². The normalized spacial score (nSPS) is 10.9. The number of non-ortho nitro benzene ring substituents is 1. The number of halogens is 2. The van der Waals surface area contributed by atoms with Crippen LogP contribution in [-0.2, 0) is 11.2 Å². The second-order valence-electron chi connectivity index (χ2n) is 5.72. The molecular formula is C19H13BrClN3O4. The van der Waals surface area contributed by atoms with Gasteiger partial charge < -0.3 is 4.42 Å². The van der Waals surface area contributed by atoms with Crippen LogP contribution in [0.15, 0.2) is 68.6 Å². The molecular weight excluding hydrogens is 450 g/mol. The van der Waals surface area contributed by atoms with Crippen molar-refractivity contribution in [1.82, 2.24) is 5.43 Å². The van der Waals surface area contributed by atoms with Crippen LogP contribution >= 0.6 is 27.5 Å². The number of hydrazone groups is 1. The Morgan fingerprint density at radius 3 is 2.64 bits per heavy atom. The van der Waals surface area contributed by atoms with Gasteiger partial charge in [-0.1, -0.05) is 39.7 Å². The quantitative estimate of drug-likeness (QED) is 0.318. The first-order chi connectivity index (χ1) is 13.4. The van der Waals surface area contributed by atoms with Gasteiger partial charge in [0.1, 0.15) is 11.5 Å². The van der Waals surface area contributed by atoms with Crippen LogP contribution in [0.25, 0.3) is 11.3 Å². The van der Waals surface area contributed by atoms with E-state index in [4.69, 9.17) is 16.0 Å². The SMILES string of the molecule is O=C(Cc1ccc(Br)cc1)N/N=C/c1ccc(-c2ccc([N+](=O)[O-])cc2Cl)o1. The van der Waals surface area contributed by atoms with Crippen LogP contribution in [0.3, 0.4) is 0 Å². The van der Waals surface area contributed by atoms with Gasteiger partial charge in [0.15, 0.2) is 0 Å². The molecule has 142 valence electrons. The number of hydrogen-bond donors (Lipinski definition) is 1. The average Bonchev–Trinajstić information content (AvgIpc) is 3.12. The van der Waals surface area contributed by atoms with E-state index in [-0.39, 0.29) is 23.0 Å². The fourth-order valence-corrected chi connectivity index (χ4v) is 2.91. The zero-order chi connectivity index (χ0) is 20.1. The maximum Gasteiger partial charge on any atom is 0.270 e. The second-order valence-corrected chi connectivity index (χ2v) is 7.04. The third-order valence-corrected chi connectivity index (χ3v) is 4.56. The summed E-state index contributed by atoms with van der Waals surface area (Å²) in [5, 5.41) is 14.9. The molecule has 3 aromatic rings. The van der Waals surface area contributed by atoms with Gasteiger partial charge in [0.05, 0.1) is 22.6 Å². The van der Waals surface area contributed by atoms with E-state index in [1.54, 1.807) is 12.1 Å². The van der Waals surface area contributed by atoms with Gasteiger partial charge in [-0.2, -0.15) is 5.10 Å². The van der Waals surface area contributed by atoms with Crippen LogP contribution < -0.4 is 5.43 Å². The number of nitro groups is 1. The van der Waals surface area contributed by atoms with Gasteiger partial charge in [0, 0.05) is 22.2 Å². The lowest BCUT2D eigenvalue weighted by Gasteiger charge is -2.01. The van der Waals surface area contributed by atoms with E-state index in [2.05, 4.69) is 26.5 Å². The summed E-state index contributed by atoms with van der Waals surface area (Å²) in [4.78, 5) is 22.2. The van der Waals surface area contributed by atoms with Crippen LogP contribution in [0.1, 0.15) is 11.3 Å². The minimum absolute atomic E-state index is 0.101. The summed E-state index contributed by atoms with van der Waals surface area (Å²) in [5.41, 5.74) is 3.72. The highest BCUT2D eigenvalue weighted by Gasteiger charge is 2.13. The van der Waals surface area contributed by atoms with Crippen LogP contribution in [0.5, 0.6) is 0 Å². The molecule has 1 N–H and O–H groups in total. The van der Waals surface area contributed by atoms with Gasteiger partial charge in [-0.25, -0.2) is 5.43 Å². The molecule has 1 amide bonds. The van der Waals surface area contributed by atoms with Gasteiger partial charge in [0.25, 0.3) is 5.69 Å². The molecule has 0 bridgehead atoms. The fourth-order valence-electron chi connectivity index (χ4n) is 2.38. The van der Waals surface area contributed by atoms with Crippen molar-refractivity contribution in [3.05, 3.63) is 85.5 Å². The average molecular weight is 463 g/mol. The standard InChI is InChI=1S/C19H13BrClN3O4/c20-13-3-1-12(2-4-13)9-19(25)23-22-11-15-6-8-18(28-15)16-7-5-14(24(26)27)10-17(16)21/h1-8,10-11H,9H2,(H,23,25)/b22-11+. The van der Waals surface area contributed by atoms with Gasteiger partial charge >= 0.3 is 0 Å². The number of nitro benzene ring substituents is 1. The molecule has 0 saturated heterocycles. The van der Waals surface area contributed by atoms with E-state index in [9.17, 15) is 14.9 Å². The Morgan fingerprint density at radius 1 is 1.21 bits per heavy atom. The van der Waals surface area contributed by atoms with Gasteiger partial charge in [-0.15, -0.1) is 0 Å². The number of carbonyl (C=O) groups is 1. The highest BCUT2D eigenvalue weighted by atomic mass is 79.9. The number of nitrogens with one attached hydrogen (secondary N) is 1. The molecule has 0 atom stereocenters. The van der Waals surface area contributed by atoms with Crippen molar-refractivity contribution in [2.75, 3.05) is 0 Å². The predicted octanol–water partition coefficient (Wildman–Crippen LogP) is 4.96. The summed E-state index contributed by atoms with van der Waals surface area (Å²) in [5.74, 6) is 0.569. The van der Waals surface area contributed by atoms with E-state index in [1.165, 1.54) is 24.4 Å². The number of benzene rings is 2. The number of nitrogens with zero attached hydrogens (tertiary/aromatic N) is 2. The monoisotopic (exact) mass is 461 g/mol. The second kappa shape index (κ2) is 8.81. The lowest BCUT2D eigenvalue weighted by Crippen LogP contribution is -2.19. The maximum atomic E-state index is 11.9. The van der Waals surface area contributed by atoms with E-state index < -0.39 is 4.92 Å². The summed E-state index contributed by atoms with van der Waals surface area (Å²) >= 11 is 9.43. The number of rotatable bonds is 6. The minimum Gasteiger partial charge on any atom is -0.455 e. The maximum absolute atomic E-state index is 11.9. The number of hydrogen-bond acceptors (Lipinski definition) is 5. The molecule has 7 nitrogen and oxygen atoms in total. The molecule has 0 fully saturated rings. The van der Waals surface area contributed by atoms with Crippen molar-refractivity contribution >= 4 is 45.3 Å². The Kier molecular flexibility index (Phi) is 6.23. The highest BCUT2D eigenvalue weighted by Crippen LogP contribution is 2.32. The van der Waals surface area contributed by atoms with Gasteiger partial charge in [-0.05, 0) is 35.9 Å². The van der Waals surface area contributed by atoms with Gasteiger partial charge in [0.2, 0.25) is 5.91 Å². The Labute approximate surface area is 173 Å². The molecule has 3 rings (SSSR count). The summed E-state index contributed by atoms with van der Waals surface area (Å²) in [7, 11) is 0. The van der Waals surface area contributed by atoms with Crippen LogP contribution in [0.4, 0.5) is 5.69 Å². The Balaban J connectivity index is 1.62. The summed E-state index contributed by atoms with van der Waals surface area (Å²) < 4.78 is 6.55. The van der Waals surface area contributed by atoms with Crippen LogP contribution in [0.2, 0.25) is 5.02 Å². The number of carbonyl (C=O) groups excluding carboxylic acids is 1. The molecule has 0 aliphatic heterocycles. The van der Waals surface area contributed by atoms with E-state index in [0.717, 1.165) is 10.0 Å². The van der Waals surface area contributed by atoms with Gasteiger partial charge in [-0.3, -0.25) is 14.9 Å². The first kappa shape index (κ1) is 19.8. The van der Waals surface area contributed by atoms with E-state index in [1.807, 2.05) is 24.3 Å². The molecule has 0 aliphatic carbocycles. The fraction of sp³-hybridized carbons (Fsp3) is 0.0526. The largest absolute Gasteiger partial charge is 0.455 e. The van der Waals surface area contributed by atoms with Crippen molar-refractivity contribution in [3.8, 4) is 11.3 Å². The third-order valence-electron chi connectivity index (χ3n) is 3.71. The third kappa shape index (κ3) is 5.05. The molecule has 2 aromatic carbocycles. The van der Waals surface area contributed by atoms with Crippen LogP contribution in [-0.4, -0.2) is 17.0 Å². The molecule has 0 aliphatic rings. The lowest BCUT2D eigenvalue weighted by molar-refractivity contribution is -0.384. The molecule has 1 aromatic heterocycles. The molecule has 0 radical (unpaired) electrons. The first-order valence-corrected chi connectivity index (χ1v) is 9.20. The summed E-state index contributed by atoms with van der Waals surface area (Å²) in [6, 6.07) is 14.9. The summed E-state index contributed by atoms with van der Waals surface area (Å²) in [6.07, 6.45) is 1.56. The zero-order valence-electron chi connectivity index (χ0n) is 14.3. The lowest BCUT2D eigenvalue weighted by atomic mass is 10.1. The highest BCUT2D eigenvalue weighted by molar-refractivity contribution is 9.10. The zero-order valence-corrected chi connectivity index (χ0v) is 16.6. The molecule has 9 heteroatoms. The topological polar surface area (TPSA) is 97.7 Å². The molecule has 28 heavy (non-hydrogen) atoms. The van der Waals surface area contributed by atoms with E-state index >= 15 is 0 Å². The Hall–Kier alpha value is -2.97. The molecule has 0 saturated carbocycles. The number of furan rings is 1. The molecule has 1 heterocycles. The van der Waals surface area contributed by atoms with E-state index in [0.29, 0.717) is 17.1 Å². The smallest absolute Gasteiger partial charge is 0.270 e. The molecule has 0 spiro atoms. The first-order valence-electron chi connectivity index (χ1n) is 8.03. The Morgan fingerprint density at radius 2 is 1.96 bits per heavy atom. The van der Waals surface area contributed by atoms with Crippen molar-refractivity contribution in [1.29, 1.82) is 0 Å². The van der Waals surface area contributed by atoms with Crippen LogP contribution in [0, 0.1) is 10.1 Å². The van der Waals surface area contributed by atoms with Crippen molar-refractivity contribution in [2.24, 2.45) is 5.10 Å². The van der Waals surface area contributed by atoms with Crippen molar-refractivity contribution in [2.45, 2.75) is 6.42 Å². The predicted molar refractivity (Wildman–Crippen MR) is 109 cm³/mol. The van der Waals surface area contributed by atoms with Crippen molar-refractivity contribution < 1.29 is 14.1 Å². The number of amides is 1.